The molecule has 1 aromatic rings. The highest BCUT2D eigenvalue weighted by Gasteiger charge is 2.05. The van der Waals surface area contributed by atoms with Gasteiger partial charge in [0.25, 0.3) is 0 Å². The van der Waals surface area contributed by atoms with Crippen LogP contribution in [0.25, 0.3) is 0 Å². The van der Waals surface area contributed by atoms with Crippen molar-refractivity contribution in [1.82, 2.24) is 6.15 Å². The number of nitrogens with zero attached hydrogens (tertiary/aromatic N) is 1. The molecule has 158 valence electrons. The topological polar surface area (TPSA) is 66.7 Å². The number of carbonyl (C=O) groups excluding carboxylic acids is 1. The fraction of sp³-hybridized carbons (Fsp3) is 0.619. The highest BCUT2D eigenvalue weighted by Crippen LogP contribution is 2.12. The number of hydrogen-bond donors (Lipinski definition) is 1. The highest BCUT2D eigenvalue weighted by molar-refractivity contribution is 5.81. The molecule has 0 spiro atoms. The Hall–Kier alpha value is -0.720. The van der Waals surface area contributed by atoms with Crippen molar-refractivity contribution in [2.24, 2.45) is 0 Å². The highest BCUT2D eigenvalue weighted by atomic mass is 79.9. The van der Waals surface area contributed by atoms with E-state index in [0.717, 1.165) is 19.4 Å². The summed E-state index contributed by atoms with van der Waals surface area (Å²) in [6, 6.07) is 6.24. The lowest BCUT2D eigenvalue weighted by Gasteiger charge is -2.11. The van der Waals surface area contributed by atoms with Gasteiger partial charge in [0.2, 0.25) is 0 Å². The quantitative estimate of drug-likeness (QED) is 0.157. The molecule has 4 nitrogen and oxygen atoms in total. The maximum Gasteiger partial charge on any atom is 0.330 e. The summed E-state index contributed by atoms with van der Waals surface area (Å²) in [5, 5.41) is 0. The minimum Gasteiger partial charge on any atom is -1.00 e. The normalized spacial score (nSPS) is 10.6. The third-order valence-corrected chi connectivity index (χ3v) is 4.29. The Labute approximate surface area is 186 Å². The fourth-order valence-electron chi connectivity index (χ4n) is 2.85. The van der Waals surface area contributed by atoms with E-state index in [-0.39, 0.29) is 52.2 Å². The van der Waals surface area contributed by atoms with Crippen LogP contribution in [0.3, 0.4) is 0 Å². The van der Waals surface area contributed by atoms with E-state index < -0.39 is 0 Å². The Bertz CT molecular complexity index is 459. The van der Waals surface area contributed by atoms with Gasteiger partial charge < -0.3 is 44.9 Å². The number of quaternary nitrogens is 1. The first-order chi connectivity index (χ1) is 11.7. The molecule has 0 aromatic carbocycles. The van der Waals surface area contributed by atoms with E-state index >= 15 is 0 Å². The molecule has 0 aliphatic heterocycles. The van der Waals surface area contributed by atoms with Crippen LogP contribution in [0.2, 0.25) is 0 Å². The summed E-state index contributed by atoms with van der Waals surface area (Å²) >= 11 is 0. The van der Waals surface area contributed by atoms with Gasteiger partial charge in [-0.05, 0) is 26.2 Å². The summed E-state index contributed by atoms with van der Waals surface area (Å²) in [7, 11) is 0. The molecule has 0 saturated carbocycles. The molecule has 27 heavy (non-hydrogen) atoms. The van der Waals surface area contributed by atoms with E-state index in [1.54, 1.807) is 0 Å². The Morgan fingerprint density at radius 1 is 0.926 bits per heavy atom. The number of unbranched alkanes of at least 4 members (excludes halogenated alkanes) is 8. The molecule has 6 heteroatoms. The summed E-state index contributed by atoms with van der Waals surface area (Å²) in [4.78, 5) is 11.0. The van der Waals surface area contributed by atoms with Crippen molar-refractivity contribution in [2.45, 2.75) is 83.8 Å². The summed E-state index contributed by atoms with van der Waals surface area (Å²) < 4.78 is 7.41. The third kappa shape index (κ3) is 18.4. The van der Waals surface area contributed by atoms with Gasteiger partial charge >= 0.3 is 5.97 Å². The first-order valence-corrected chi connectivity index (χ1v) is 9.49. The van der Waals surface area contributed by atoms with Crippen LogP contribution in [-0.4, -0.2) is 12.1 Å². The van der Waals surface area contributed by atoms with Crippen molar-refractivity contribution in [2.75, 3.05) is 0 Å². The number of pyridine rings is 1. The summed E-state index contributed by atoms with van der Waals surface area (Å²) in [6.45, 7) is 6.50. The monoisotopic (exact) mass is 508 g/mol. The molecule has 0 aliphatic rings. The Morgan fingerprint density at radius 3 is 1.93 bits per heavy atom. The predicted octanol–water partition coefficient (Wildman–Crippen LogP) is -0.623. The first-order valence-electron chi connectivity index (χ1n) is 9.49. The van der Waals surface area contributed by atoms with Crippen molar-refractivity contribution >= 4 is 5.97 Å². The Kier molecular flexibility index (Phi) is 24.8. The molecular formula is C21H38Br2N2O2. The molecule has 0 fully saturated rings. The van der Waals surface area contributed by atoms with Crippen molar-refractivity contribution in [3.8, 4) is 0 Å². The molecule has 0 bridgehead atoms. The number of aryl methyl sites for hydroxylation is 1. The number of aromatic nitrogens is 1. The third-order valence-electron chi connectivity index (χ3n) is 4.29. The number of esters is 1. The molecule has 1 unspecified atom stereocenters. The van der Waals surface area contributed by atoms with E-state index in [4.69, 9.17) is 4.74 Å². The molecule has 0 amide bonds. The fourth-order valence-corrected chi connectivity index (χ4v) is 2.85. The summed E-state index contributed by atoms with van der Waals surface area (Å²) in [6.07, 6.45) is 18.1. The van der Waals surface area contributed by atoms with E-state index in [1.165, 1.54) is 57.4 Å². The van der Waals surface area contributed by atoms with Gasteiger partial charge in [-0.2, -0.15) is 0 Å². The van der Waals surface area contributed by atoms with Gasteiger partial charge in [0.05, 0.1) is 6.10 Å². The number of hydrogen-bond acceptors (Lipinski definition) is 2. The van der Waals surface area contributed by atoms with Gasteiger partial charge in [0.1, 0.15) is 6.54 Å². The standard InChI is InChI=1S/C21H34NO2.2BrH.H3N/c1-3-21(23)24-20(2)16-12-9-7-5-4-6-8-10-13-17-22-18-14-11-15-19-22;;;/h3,11,14-15,18-20H,1,4-10,12-13,16-17H2,2H3;2*1H;1H3/q+1;;;/p-1. The molecular weight excluding hydrogens is 472 g/mol. The van der Waals surface area contributed by atoms with Gasteiger partial charge in [0, 0.05) is 24.6 Å². The molecule has 1 heterocycles. The first kappa shape index (κ1) is 31.0. The van der Waals surface area contributed by atoms with Gasteiger partial charge in [-0.25, -0.2) is 9.36 Å². The van der Waals surface area contributed by atoms with Crippen LogP contribution in [0.4, 0.5) is 0 Å². The van der Waals surface area contributed by atoms with E-state index in [0.29, 0.717) is 0 Å². The lowest BCUT2D eigenvalue weighted by Crippen LogP contribution is -3.00. The lowest BCUT2D eigenvalue weighted by molar-refractivity contribution is -0.697. The van der Waals surface area contributed by atoms with E-state index in [9.17, 15) is 4.79 Å². The molecule has 1 aromatic heterocycles. The van der Waals surface area contributed by atoms with E-state index in [1.807, 2.05) is 6.92 Å². The van der Waals surface area contributed by atoms with Gasteiger partial charge in [0.15, 0.2) is 12.4 Å². The van der Waals surface area contributed by atoms with Crippen molar-refractivity contribution in [3.63, 3.8) is 0 Å². The molecule has 0 saturated heterocycles. The zero-order valence-electron chi connectivity index (χ0n) is 17.0. The largest absolute Gasteiger partial charge is 1.00 e. The molecule has 1 atom stereocenters. The molecule has 1 rings (SSSR count). The second-order valence-electron chi connectivity index (χ2n) is 6.54. The minimum absolute atomic E-state index is 0. The summed E-state index contributed by atoms with van der Waals surface area (Å²) in [5.41, 5.74) is 0. The Morgan fingerprint density at radius 2 is 1.41 bits per heavy atom. The van der Waals surface area contributed by atoms with Gasteiger partial charge in [-0.1, -0.05) is 51.2 Å². The molecule has 0 radical (unpaired) electrons. The van der Waals surface area contributed by atoms with Crippen LogP contribution in [0, 0.1) is 0 Å². The lowest BCUT2D eigenvalue weighted by atomic mass is 10.1. The summed E-state index contributed by atoms with van der Waals surface area (Å²) in [5.74, 6) is -0.312. The minimum atomic E-state index is -0.312. The number of rotatable bonds is 14. The zero-order valence-corrected chi connectivity index (χ0v) is 20.2. The zero-order chi connectivity index (χ0) is 17.5. The second-order valence-corrected chi connectivity index (χ2v) is 6.54. The van der Waals surface area contributed by atoms with Crippen LogP contribution in [0.5, 0.6) is 0 Å². The maximum absolute atomic E-state index is 11.0. The maximum atomic E-state index is 11.0. The number of ether oxygens (including phenoxy) is 1. The average Bonchev–Trinajstić information content (AvgIpc) is 2.60. The van der Waals surface area contributed by atoms with Crippen LogP contribution >= 0.6 is 0 Å². The van der Waals surface area contributed by atoms with E-state index in [2.05, 4.69) is 41.7 Å². The van der Waals surface area contributed by atoms with Gasteiger partial charge in [-0.3, -0.25) is 0 Å². The van der Waals surface area contributed by atoms with Crippen molar-refractivity contribution in [1.29, 1.82) is 0 Å². The van der Waals surface area contributed by atoms with Crippen molar-refractivity contribution in [3.05, 3.63) is 43.2 Å². The SMILES string of the molecule is C=CC(=O)OC(C)CCCCCCCCCCC[n+]1ccccc1.[Br-].[Br-].[NH4+]. The Balaban J connectivity index is -0.00000192. The van der Waals surface area contributed by atoms with Crippen LogP contribution in [-0.2, 0) is 16.1 Å². The predicted molar refractivity (Wildman–Crippen MR) is 105 cm³/mol. The molecule has 0 aliphatic carbocycles. The molecule has 4 N–H and O–H groups in total. The van der Waals surface area contributed by atoms with Gasteiger partial charge in [-0.15, -0.1) is 0 Å². The van der Waals surface area contributed by atoms with Crippen LogP contribution in [0.1, 0.15) is 71.1 Å². The number of carbonyl (C=O) groups is 1. The average molecular weight is 510 g/mol. The number of halogens is 2. The van der Waals surface area contributed by atoms with Crippen LogP contribution in [0.15, 0.2) is 43.2 Å². The smallest absolute Gasteiger partial charge is 0.330 e. The van der Waals surface area contributed by atoms with Crippen molar-refractivity contribution < 1.29 is 48.1 Å². The second kappa shape index (κ2) is 21.6. The van der Waals surface area contributed by atoms with Crippen LogP contribution < -0.4 is 44.7 Å².